The summed E-state index contributed by atoms with van der Waals surface area (Å²) in [5.41, 5.74) is 0. The van der Waals surface area contributed by atoms with Crippen molar-refractivity contribution in [3.8, 4) is 0 Å². The molecule has 4 heteroatoms. The van der Waals surface area contributed by atoms with E-state index in [9.17, 15) is 4.79 Å². The van der Waals surface area contributed by atoms with E-state index in [1.807, 2.05) is 0 Å². The highest BCUT2D eigenvalue weighted by Gasteiger charge is 2.08. The fraction of sp³-hybridized carbons (Fsp3) is 0.900. The van der Waals surface area contributed by atoms with Gasteiger partial charge in [-0.2, -0.15) is 0 Å². The zero-order valence-electron chi connectivity index (χ0n) is 8.48. The smallest absolute Gasteiger partial charge is 0.303 e. The zero-order chi connectivity index (χ0) is 10.8. The molecule has 84 valence electrons. The second kappa shape index (κ2) is 8.97. The third-order valence-corrected chi connectivity index (χ3v) is 2.31. The van der Waals surface area contributed by atoms with Crippen molar-refractivity contribution in [2.24, 2.45) is 5.92 Å². The van der Waals surface area contributed by atoms with Crippen molar-refractivity contribution in [1.82, 2.24) is 0 Å². The van der Waals surface area contributed by atoms with Crippen LogP contribution in [0.4, 0.5) is 0 Å². The van der Waals surface area contributed by atoms with Gasteiger partial charge >= 0.3 is 5.97 Å². The molecule has 3 N–H and O–H groups in total. The Morgan fingerprint density at radius 2 is 1.64 bits per heavy atom. The van der Waals surface area contributed by atoms with E-state index in [2.05, 4.69) is 0 Å². The van der Waals surface area contributed by atoms with E-state index in [-0.39, 0.29) is 19.6 Å². The molecular formula is C10H20O4. The molecule has 4 nitrogen and oxygen atoms in total. The molecule has 0 bridgehead atoms. The quantitative estimate of drug-likeness (QED) is 0.524. The summed E-state index contributed by atoms with van der Waals surface area (Å²) in [6.07, 6.45) is 3.99. The number of rotatable bonds is 9. The minimum absolute atomic E-state index is 0.142. The molecule has 0 radical (unpaired) electrons. The summed E-state index contributed by atoms with van der Waals surface area (Å²) in [5, 5.41) is 25.8. The molecule has 0 rings (SSSR count). The highest BCUT2D eigenvalue weighted by atomic mass is 16.4. The molecule has 0 heterocycles. The van der Waals surface area contributed by atoms with E-state index < -0.39 is 5.97 Å². The molecule has 0 saturated heterocycles. The predicted octanol–water partition coefficient (Wildman–Crippen LogP) is 1.01. The third-order valence-electron chi connectivity index (χ3n) is 2.31. The molecule has 0 fully saturated rings. The lowest BCUT2D eigenvalue weighted by Crippen LogP contribution is -2.06. The number of hydrogen-bond donors (Lipinski definition) is 3. The van der Waals surface area contributed by atoms with E-state index in [1.54, 1.807) is 0 Å². The Kier molecular flexibility index (Phi) is 8.57. The van der Waals surface area contributed by atoms with Crippen LogP contribution >= 0.6 is 0 Å². The summed E-state index contributed by atoms with van der Waals surface area (Å²) in [7, 11) is 0. The van der Waals surface area contributed by atoms with Crippen molar-refractivity contribution in [2.75, 3.05) is 13.2 Å². The average molecular weight is 204 g/mol. The van der Waals surface area contributed by atoms with Crippen LogP contribution in [-0.4, -0.2) is 34.5 Å². The normalized spacial score (nSPS) is 12.7. The molecular weight excluding hydrogens is 184 g/mol. The Bertz CT molecular complexity index is 147. The Labute approximate surface area is 84.6 Å². The van der Waals surface area contributed by atoms with E-state index in [0.717, 1.165) is 19.3 Å². The zero-order valence-corrected chi connectivity index (χ0v) is 8.48. The molecule has 14 heavy (non-hydrogen) atoms. The molecule has 0 amide bonds. The maximum Gasteiger partial charge on any atom is 0.303 e. The van der Waals surface area contributed by atoms with E-state index in [1.165, 1.54) is 0 Å². The van der Waals surface area contributed by atoms with Crippen LogP contribution in [0.2, 0.25) is 0 Å². The molecule has 0 aromatic heterocycles. The van der Waals surface area contributed by atoms with E-state index in [4.69, 9.17) is 15.3 Å². The van der Waals surface area contributed by atoms with Gasteiger partial charge in [-0.1, -0.05) is 0 Å². The van der Waals surface area contributed by atoms with Crippen LogP contribution in [0.5, 0.6) is 0 Å². The van der Waals surface area contributed by atoms with E-state index >= 15 is 0 Å². The largest absolute Gasteiger partial charge is 0.481 e. The fourth-order valence-electron chi connectivity index (χ4n) is 1.54. The number of aliphatic hydroxyl groups excluding tert-OH is 2. The van der Waals surface area contributed by atoms with Crippen molar-refractivity contribution in [3.63, 3.8) is 0 Å². The first kappa shape index (κ1) is 13.4. The molecule has 0 aliphatic heterocycles. The Morgan fingerprint density at radius 3 is 2.14 bits per heavy atom. The van der Waals surface area contributed by atoms with Gasteiger partial charge in [0, 0.05) is 19.6 Å². The van der Waals surface area contributed by atoms with Gasteiger partial charge in [0.1, 0.15) is 0 Å². The number of carboxylic acid groups (broad SMARTS) is 1. The van der Waals surface area contributed by atoms with Crippen molar-refractivity contribution in [3.05, 3.63) is 0 Å². The Balaban J connectivity index is 3.55. The van der Waals surface area contributed by atoms with Crippen LogP contribution in [-0.2, 0) is 4.79 Å². The van der Waals surface area contributed by atoms with Gasteiger partial charge in [0.25, 0.3) is 0 Å². The highest BCUT2D eigenvalue weighted by Crippen LogP contribution is 2.18. The lowest BCUT2D eigenvalue weighted by Gasteiger charge is -2.14. The fourth-order valence-corrected chi connectivity index (χ4v) is 1.54. The number of hydrogen-bond acceptors (Lipinski definition) is 3. The predicted molar refractivity (Wildman–Crippen MR) is 53.0 cm³/mol. The summed E-state index contributed by atoms with van der Waals surface area (Å²) in [4.78, 5) is 10.3. The van der Waals surface area contributed by atoms with Gasteiger partial charge in [0.05, 0.1) is 0 Å². The van der Waals surface area contributed by atoms with E-state index in [0.29, 0.717) is 18.8 Å². The molecule has 1 atom stereocenters. The van der Waals surface area contributed by atoms with Gasteiger partial charge < -0.3 is 15.3 Å². The SMILES string of the molecule is O=C(O)CCCC(CCO)CCCO. The van der Waals surface area contributed by atoms with Crippen LogP contribution in [0.25, 0.3) is 0 Å². The molecule has 0 aromatic rings. The van der Waals surface area contributed by atoms with Gasteiger partial charge in [-0.25, -0.2) is 0 Å². The number of carboxylic acids is 1. The van der Waals surface area contributed by atoms with Crippen LogP contribution in [0.15, 0.2) is 0 Å². The maximum absolute atomic E-state index is 10.3. The summed E-state index contributed by atoms with van der Waals surface area (Å²) in [5.74, 6) is -0.415. The van der Waals surface area contributed by atoms with Crippen molar-refractivity contribution >= 4 is 5.97 Å². The Morgan fingerprint density at radius 1 is 1.00 bits per heavy atom. The van der Waals surface area contributed by atoms with Gasteiger partial charge in [0.15, 0.2) is 0 Å². The average Bonchev–Trinajstić information content (AvgIpc) is 2.13. The summed E-state index contributed by atoms with van der Waals surface area (Å²) < 4.78 is 0. The molecule has 0 saturated carbocycles. The van der Waals surface area contributed by atoms with Crippen molar-refractivity contribution < 1.29 is 20.1 Å². The van der Waals surface area contributed by atoms with Gasteiger partial charge in [-0.3, -0.25) is 4.79 Å². The maximum atomic E-state index is 10.3. The third kappa shape index (κ3) is 8.01. The van der Waals surface area contributed by atoms with Crippen LogP contribution in [0.3, 0.4) is 0 Å². The minimum Gasteiger partial charge on any atom is -0.481 e. The van der Waals surface area contributed by atoms with Gasteiger partial charge in [-0.15, -0.1) is 0 Å². The molecule has 0 aliphatic carbocycles. The first-order valence-electron chi connectivity index (χ1n) is 5.14. The highest BCUT2D eigenvalue weighted by molar-refractivity contribution is 5.66. The molecule has 0 aromatic carbocycles. The summed E-state index contributed by atoms with van der Waals surface area (Å²) in [6, 6.07) is 0. The van der Waals surface area contributed by atoms with Crippen molar-refractivity contribution in [2.45, 2.75) is 38.5 Å². The van der Waals surface area contributed by atoms with Crippen LogP contribution in [0.1, 0.15) is 38.5 Å². The lowest BCUT2D eigenvalue weighted by molar-refractivity contribution is -0.137. The molecule has 0 spiro atoms. The van der Waals surface area contributed by atoms with Crippen LogP contribution < -0.4 is 0 Å². The molecule has 1 unspecified atom stereocenters. The van der Waals surface area contributed by atoms with Gasteiger partial charge in [-0.05, 0) is 38.0 Å². The second-order valence-corrected chi connectivity index (χ2v) is 3.53. The van der Waals surface area contributed by atoms with Crippen LogP contribution in [0, 0.1) is 5.92 Å². The monoisotopic (exact) mass is 204 g/mol. The standard InChI is InChI=1S/C10H20O4/c11-7-2-4-9(6-8-12)3-1-5-10(13)14/h9,11-12H,1-8H2,(H,13,14). The second-order valence-electron chi connectivity index (χ2n) is 3.53. The number of aliphatic carboxylic acids is 1. The number of aliphatic hydroxyl groups is 2. The summed E-state index contributed by atoms with van der Waals surface area (Å²) >= 11 is 0. The topological polar surface area (TPSA) is 77.8 Å². The first-order chi connectivity index (χ1) is 6.70. The molecule has 0 aliphatic rings. The Hall–Kier alpha value is -0.610. The van der Waals surface area contributed by atoms with Gasteiger partial charge in [0.2, 0.25) is 0 Å². The first-order valence-corrected chi connectivity index (χ1v) is 5.14. The number of carbonyl (C=O) groups is 1. The minimum atomic E-state index is -0.769. The van der Waals surface area contributed by atoms with Crippen molar-refractivity contribution in [1.29, 1.82) is 0 Å². The summed E-state index contributed by atoms with van der Waals surface area (Å²) in [6.45, 7) is 0.310. The lowest BCUT2D eigenvalue weighted by atomic mass is 9.94.